The second-order valence-corrected chi connectivity index (χ2v) is 4.36. The highest BCUT2D eigenvalue weighted by atomic mass is 16.4. The van der Waals surface area contributed by atoms with Crippen LogP contribution in [-0.4, -0.2) is 24.6 Å². The fourth-order valence-electron chi connectivity index (χ4n) is 1.88. The van der Waals surface area contributed by atoms with Crippen molar-refractivity contribution in [2.45, 2.75) is 26.2 Å². The Bertz CT molecular complexity index is 305. The van der Waals surface area contributed by atoms with Gasteiger partial charge in [-0.3, -0.25) is 0 Å². The highest BCUT2D eigenvalue weighted by Gasteiger charge is 2.17. The van der Waals surface area contributed by atoms with Crippen LogP contribution in [0.2, 0.25) is 0 Å². The lowest BCUT2D eigenvalue weighted by Crippen LogP contribution is -2.18. The molecule has 1 aromatic heterocycles. The van der Waals surface area contributed by atoms with Crippen LogP contribution in [0.25, 0.3) is 0 Å². The molecule has 4 nitrogen and oxygen atoms in total. The Morgan fingerprint density at radius 3 is 2.93 bits per heavy atom. The zero-order valence-electron chi connectivity index (χ0n) is 9.28. The lowest BCUT2D eigenvalue weighted by molar-refractivity contribution is 0.541. The summed E-state index contributed by atoms with van der Waals surface area (Å²) in [7, 11) is 0. The molecule has 1 aromatic rings. The van der Waals surface area contributed by atoms with Gasteiger partial charge in [0.25, 0.3) is 6.01 Å². The van der Waals surface area contributed by atoms with E-state index in [0.29, 0.717) is 12.5 Å². The van der Waals surface area contributed by atoms with Crippen molar-refractivity contribution >= 4 is 6.01 Å². The van der Waals surface area contributed by atoms with Crippen molar-refractivity contribution in [3.63, 3.8) is 0 Å². The highest BCUT2D eigenvalue weighted by Crippen LogP contribution is 2.20. The third-order valence-electron chi connectivity index (χ3n) is 2.88. The average Bonchev–Trinajstić information content (AvgIpc) is 2.85. The number of hydrogen-bond donors (Lipinski definition) is 1. The molecule has 0 aliphatic carbocycles. The van der Waals surface area contributed by atoms with Gasteiger partial charge in [-0.05, 0) is 31.7 Å². The van der Waals surface area contributed by atoms with E-state index in [0.717, 1.165) is 31.2 Å². The maximum atomic E-state index is 5.58. The van der Waals surface area contributed by atoms with Crippen molar-refractivity contribution in [2.24, 2.45) is 11.7 Å². The van der Waals surface area contributed by atoms with Crippen molar-refractivity contribution in [1.29, 1.82) is 0 Å². The number of nitrogens with zero attached hydrogens (tertiary/aromatic N) is 2. The molecule has 0 spiro atoms. The van der Waals surface area contributed by atoms with Gasteiger partial charge >= 0.3 is 0 Å². The van der Waals surface area contributed by atoms with Crippen molar-refractivity contribution in [2.75, 3.05) is 24.5 Å². The molecule has 0 aromatic carbocycles. The van der Waals surface area contributed by atoms with E-state index in [9.17, 15) is 0 Å². The van der Waals surface area contributed by atoms with Gasteiger partial charge < -0.3 is 15.1 Å². The number of aromatic nitrogens is 1. The molecule has 1 atom stereocenters. The Morgan fingerprint density at radius 2 is 2.27 bits per heavy atom. The first-order valence-corrected chi connectivity index (χ1v) is 5.69. The van der Waals surface area contributed by atoms with E-state index in [2.05, 4.69) is 16.8 Å². The van der Waals surface area contributed by atoms with E-state index < -0.39 is 0 Å². The standard InChI is InChI=1S/C11H19N3O/c1-9(7-12)6-10-8-15-11(13-10)14-4-2-3-5-14/h8-9H,2-7,12H2,1H3. The molecule has 0 amide bonds. The Morgan fingerprint density at radius 1 is 1.53 bits per heavy atom. The van der Waals surface area contributed by atoms with Crippen molar-refractivity contribution in [3.05, 3.63) is 12.0 Å². The van der Waals surface area contributed by atoms with Gasteiger partial charge in [0.05, 0.1) is 5.69 Å². The van der Waals surface area contributed by atoms with Gasteiger partial charge in [-0.15, -0.1) is 0 Å². The van der Waals surface area contributed by atoms with Crippen LogP contribution in [0.15, 0.2) is 10.7 Å². The number of rotatable bonds is 4. The van der Waals surface area contributed by atoms with E-state index >= 15 is 0 Å². The summed E-state index contributed by atoms with van der Waals surface area (Å²) in [4.78, 5) is 6.69. The number of oxazole rings is 1. The van der Waals surface area contributed by atoms with E-state index in [1.54, 1.807) is 6.26 Å². The predicted octanol–water partition coefficient (Wildman–Crippen LogP) is 1.41. The van der Waals surface area contributed by atoms with Crippen LogP contribution in [0.4, 0.5) is 6.01 Å². The molecule has 4 heteroatoms. The highest BCUT2D eigenvalue weighted by molar-refractivity contribution is 5.28. The summed E-state index contributed by atoms with van der Waals surface area (Å²) in [5.41, 5.74) is 6.60. The monoisotopic (exact) mass is 209 g/mol. The summed E-state index contributed by atoms with van der Waals surface area (Å²) in [6.07, 6.45) is 5.17. The minimum absolute atomic E-state index is 0.474. The first-order chi connectivity index (χ1) is 7.29. The number of anilines is 1. The van der Waals surface area contributed by atoms with Crippen LogP contribution in [-0.2, 0) is 6.42 Å². The molecule has 0 bridgehead atoms. The predicted molar refractivity (Wildman–Crippen MR) is 59.9 cm³/mol. The van der Waals surface area contributed by atoms with Crippen LogP contribution in [0, 0.1) is 5.92 Å². The van der Waals surface area contributed by atoms with Crippen molar-refractivity contribution < 1.29 is 4.42 Å². The second kappa shape index (κ2) is 4.66. The molecule has 15 heavy (non-hydrogen) atoms. The fourth-order valence-corrected chi connectivity index (χ4v) is 1.88. The van der Waals surface area contributed by atoms with E-state index in [4.69, 9.17) is 10.2 Å². The van der Waals surface area contributed by atoms with Gasteiger partial charge in [0.15, 0.2) is 0 Å². The third kappa shape index (κ3) is 2.50. The molecule has 0 radical (unpaired) electrons. The zero-order chi connectivity index (χ0) is 10.7. The lowest BCUT2D eigenvalue weighted by atomic mass is 10.1. The molecule has 1 unspecified atom stereocenters. The molecule has 1 saturated heterocycles. The summed E-state index contributed by atoms with van der Waals surface area (Å²) in [5, 5.41) is 0. The molecule has 84 valence electrons. The van der Waals surface area contributed by atoms with Crippen molar-refractivity contribution in [1.82, 2.24) is 4.98 Å². The topological polar surface area (TPSA) is 55.3 Å². The summed E-state index contributed by atoms with van der Waals surface area (Å²) >= 11 is 0. The Hall–Kier alpha value is -1.03. The van der Waals surface area contributed by atoms with Crippen molar-refractivity contribution in [3.8, 4) is 0 Å². The molecule has 0 saturated carbocycles. The molecule has 1 aliphatic heterocycles. The van der Waals surface area contributed by atoms with Crippen LogP contribution >= 0.6 is 0 Å². The fraction of sp³-hybridized carbons (Fsp3) is 0.727. The molecule has 2 heterocycles. The molecule has 2 rings (SSSR count). The van der Waals surface area contributed by atoms with E-state index in [1.807, 2.05) is 0 Å². The zero-order valence-corrected chi connectivity index (χ0v) is 9.28. The van der Waals surface area contributed by atoms with Gasteiger partial charge in [-0.25, -0.2) is 0 Å². The SMILES string of the molecule is CC(CN)Cc1coc(N2CCCC2)n1. The number of hydrogen-bond acceptors (Lipinski definition) is 4. The minimum Gasteiger partial charge on any atom is -0.432 e. The second-order valence-electron chi connectivity index (χ2n) is 4.36. The van der Waals surface area contributed by atoms with Gasteiger partial charge in [0.2, 0.25) is 0 Å². The van der Waals surface area contributed by atoms with Gasteiger partial charge in [-0.1, -0.05) is 6.92 Å². The van der Waals surface area contributed by atoms with Crippen LogP contribution in [0.5, 0.6) is 0 Å². The Labute approximate surface area is 90.5 Å². The van der Waals surface area contributed by atoms with Crippen LogP contribution < -0.4 is 10.6 Å². The molecule has 1 fully saturated rings. The Kier molecular flexibility index (Phi) is 3.26. The van der Waals surface area contributed by atoms with E-state index in [-0.39, 0.29) is 0 Å². The summed E-state index contributed by atoms with van der Waals surface area (Å²) in [5.74, 6) is 0.474. The molecule has 1 aliphatic rings. The summed E-state index contributed by atoms with van der Waals surface area (Å²) in [6.45, 7) is 4.98. The molecule has 2 N–H and O–H groups in total. The largest absolute Gasteiger partial charge is 0.432 e. The smallest absolute Gasteiger partial charge is 0.297 e. The van der Waals surface area contributed by atoms with Gasteiger partial charge in [0.1, 0.15) is 6.26 Å². The Balaban J connectivity index is 1.97. The normalized spacial score (nSPS) is 18.4. The summed E-state index contributed by atoms with van der Waals surface area (Å²) < 4.78 is 5.47. The first-order valence-electron chi connectivity index (χ1n) is 5.69. The summed E-state index contributed by atoms with van der Waals surface area (Å²) in [6, 6.07) is 0.784. The maximum Gasteiger partial charge on any atom is 0.297 e. The quantitative estimate of drug-likeness (QED) is 0.814. The van der Waals surface area contributed by atoms with Crippen LogP contribution in [0.3, 0.4) is 0 Å². The van der Waals surface area contributed by atoms with Gasteiger partial charge in [0, 0.05) is 13.1 Å². The molecular weight excluding hydrogens is 190 g/mol. The number of nitrogens with two attached hydrogens (primary N) is 1. The first kappa shape index (κ1) is 10.5. The third-order valence-corrected chi connectivity index (χ3v) is 2.88. The maximum absolute atomic E-state index is 5.58. The minimum atomic E-state index is 0.474. The average molecular weight is 209 g/mol. The lowest BCUT2D eigenvalue weighted by Gasteiger charge is -2.10. The molecular formula is C11H19N3O. The van der Waals surface area contributed by atoms with E-state index in [1.165, 1.54) is 12.8 Å². The van der Waals surface area contributed by atoms with Gasteiger partial charge in [-0.2, -0.15) is 4.98 Å². The van der Waals surface area contributed by atoms with Crippen LogP contribution in [0.1, 0.15) is 25.5 Å².